The lowest BCUT2D eigenvalue weighted by atomic mass is 10.2. The van der Waals surface area contributed by atoms with Gasteiger partial charge in [0.15, 0.2) is 5.13 Å². The highest BCUT2D eigenvalue weighted by molar-refractivity contribution is 7.99. The maximum atomic E-state index is 12.3. The van der Waals surface area contributed by atoms with Crippen molar-refractivity contribution in [2.24, 2.45) is 0 Å². The van der Waals surface area contributed by atoms with E-state index in [0.29, 0.717) is 31.8 Å². The van der Waals surface area contributed by atoms with Crippen LogP contribution in [-0.2, 0) is 15.3 Å². The Balaban J connectivity index is 1.63. The van der Waals surface area contributed by atoms with Crippen LogP contribution in [-0.4, -0.2) is 39.2 Å². The summed E-state index contributed by atoms with van der Waals surface area (Å²) in [5.74, 6) is 0.179. The summed E-state index contributed by atoms with van der Waals surface area (Å²) in [6.45, 7) is 5.63. The Morgan fingerprint density at radius 1 is 1.36 bits per heavy atom. The van der Waals surface area contributed by atoms with E-state index in [1.807, 2.05) is 13.8 Å². The van der Waals surface area contributed by atoms with Crippen LogP contribution in [0.2, 0.25) is 0 Å². The Morgan fingerprint density at radius 2 is 2.11 bits per heavy atom. The van der Waals surface area contributed by atoms with Crippen molar-refractivity contribution in [1.29, 1.82) is 0 Å². The van der Waals surface area contributed by atoms with Crippen LogP contribution in [0.15, 0.2) is 11.0 Å². The third-order valence-electron chi connectivity index (χ3n) is 4.05. The predicted molar refractivity (Wildman–Crippen MR) is 113 cm³/mol. The molecule has 0 bridgehead atoms. The van der Waals surface area contributed by atoms with Gasteiger partial charge in [0.25, 0.3) is 5.56 Å². The maximum absolute atomic E-state index is 12.3. The van der Waals surface area contributed by atoms with Crippen molar-refractivity contribution >= 4 is 61.7 Å². The number of rotatable bonds is 6. The summed E-state index contributed by atoms with van der Waals surface area (Å²) < 4.78 is 4.62. The molecule has 148 valence electrons. The van der Waals surface area contributed by atoms with Crippen molar-refractivity contribution in [3.63, 3.8) is 0 Å². The molecule has 3 aromatic heterocycles. The highest BCUT2D eigenvalue weighted by atomic mass is 32.2. The summed E-state index contributed by atoms with van der Waals surface area (Å²) in [6.07, 6.45) is 1.36. The molecule has 3 rings (SSSR count). The number of hydrogen-bond acceptors (Lipinski definition) is 9. The first-order chi connectivity index (χ1) is 13.3. The number of nitrogens with zero attached hydrogens (tertiary/aromatic N) is 2. The Bertz CT molecular complexity index is 1100. The summed E-state index contributed by atoms with van der Waals surface area (Å²) in [5, 5.41) is 3.24. The van der Waals surface area contributed by atoms with E-state index < -0.39 is 11.2 Å². The van der Waals surface area contributed by atoms with Crippen LogP contribution in [0.25, 0.3) is 10.2 Å². The number of nitrogens with one attached hydrogen (secondary N) is 2. The average molecular weight is 439 g/mol. The highest BCUT2D eigenvalue weighted by Crippen LogP contribution is 2.27. The number of H-pyrrole nitrogens is 1. The molecule has 0 radical (unpaired) electrons. The molecule has 0 aromatic carbocycles. The molecule has 1 atom stereocenters. The van der Waals surface area contributed by atoms with E-state index in [0.717, 1.165) is 21.8 Å². The average Bonchev–Trinajstić information content (AvgIpc) is 3.23. The van der Waals surface area contributed by atoms with Crippen molar-refractivity contribution in [3.05, 3.63) is 37.7 Å². The van der Waals surface area contributed by atoms with Crippen LogP contribution in [0.1, 0.15) is 32.9 Å². The topological polar surface area (TPSA) is 114 Å². The number of carbonyl (C=O) groups is 2. The third-order valence-corrected chi connectivity index (χ3v) is 7.20. The number of hydrogen-bond donors (Lipinski definition) is 2. The number of aryl methyl sites for hydroxylation is 2. The number of thiophene rings is 1. The molecule has 0 aliphatic rings. The molecule has 28 heavy (non-hydrogen) atoms. The summed E-state index contributed by atoms with van der Waals surface area (Å²) in [7, 11) is 1.29. The fourth-order valence-corrected chi connectivity index (χ4v) is 4.92. The first kappa shape index (κ1) is 20.5. The van der Waals surface area contributed by atoms with E-state index in [-0.39, 0.29) is 11.5 Å². The quantitative estimate of drug-likeness (QED) is 0.568. The number of anilines is 1. The minimum Gasteiger partial charge on any atom is -0.465 e. The molecule has 0 aliphatic carbocycles. The lowest BCUT2D eigenvalue weighted by Gasteiger charge is -2.10. The lowest BCUT2D eigenvalue weighted by Crippen LogP contribution is -2.22. The monoisotopic (exact) mass is 438 g/mol. The number of aromatic nitrogens is 3. The molecule has 3 heterocycles. The minimum absolute atomic E-state index is 0.155. The van der Waals surface area contributed by atoms with Crippen molar-refractivity contribution in [2.75, 3.05) is 12.4 Å². The van der Waals surface area contributed by atoms with E-state index in [1.54, 1.807) is 6.92 Å². The molecule has 11 heteroatoms. The van der Waals surface area contributed by atoms with Gasteiger partial charge in [0, 0.05) is 4.88 Å². The molecule has 0 aliphatic heterocycles. The molecule has 0 fully saturated rings. The number of thioether (sulfide) groups is 1. The van der Waals surface area contributed by atoms with Crippen molar-refractivity contribution in [2.45, 2.75) is 31.8 Å². The van der Waals surface area contributed by atoms with Crippen LogP contribution < -0.4 is 10.9 Å². The van der Waals surface area contributed by atoms with E-state index >= 15 is 0 Å². The van der Waals surface area contributed by atoms with E-state index in [1.165, 1.54) is 36.4 Å². The van der Waals surface area contributed by atoms with Gasteiger partial charge in [0.2, 0.25) is 5.91 Å². The maximum Gasteiger partial charge on any atom is 0.349 e. The zero-order chi connectivity index (χ0) is 20.4. The number of amides is 1. The Hall–Kier alpha value is -2.24. The van der Waals surface area contributed by atoms with E-state index in [2.05, 4.69) is 25.0 Å². The molecule has 0 saturated carbocycles. The van der Waals surface area contributed by atoms with Gasteiger partial charge in [-0.05, 0) is 26.3 Å². The highest BCUT2D eigenvalue weighted by Gasteiger charge is 2.18. The van der Waals surface area contributed by atoms with Gasteiger partial charge in [0.05, 0.1) is 29.7 Å². The molecule has 3 aromatic rings. The summed E-state index contributed by atoms with van der Waals surface area (Å²) in [4.78, 5) is 49.5. The second kappa shape index (κ2) is 8.41. The van der Waals surface area contributed by atoms with Crippen molar-refractivity contribution < 1.29 is 14.3 Å². The van der Waals surface area contributed by atoms with Crippen molar-refractivity contribution in [1.82, 2.24) is 15.0 Å². The van der Waals surface area contributed by atoms with Gasteiger partial charge >= 0.3 is 5.97 Å². The van der Waals surface area contributed by atoms with Gasteiger partial charge in [-0.15, -0.1) is 23.1 Å². The molecule has 2 N–H and O–H groups in total. The second-order valence-electron chi connectivity index (χ2n) is 5.94. The molecule has 0 unspecified atom stereocenters. The summed E-state index contributed by atoms with van der Waals surface area (Å²) in [6, 6.07) is 0. The first-order valence-corrected chi connectivity index (χ1v) is 10.9. The van der Waals surface area contributed by atoms with Crippen LogP contribution in [0.3, 0.4) is 0 Å². The number of methoxy groups -OCH3 is 1. The number of thiazole rings is 1. The summed E-state index contributed by atoms with van der Waals surface area (Å²) in [5.41, 5.74) is 0.799. The molecular weight excluding hydrogens is 420 g/mol. The van der Waals surface area contributed by atoms with Gasteiger partial charge in [-0.25, -0.2) is 14.8 Å². The van der Waals surface area contributed by atoms with Gasteiger partial charge < -0.3 is 15.0 Å². The zero-order valence-electron chi connectivity index (χ0n) is 15.6. The third kappa shape index (κ3) is 4.26. The minimum atomic E-state index is -0.495. The van der Waals surface area contributed by atoms with Crippen molar-refractivity contribution in [3.8, 4) is 0 Å². The Morgan fingerprint density at radius 3 is 2.82 bits per heavy atom. The Labute approximate surface area is 172 Å². The van der Waals surface area contributed by atoms with Crippen LogP contribution in [0.5, 0.6) is 0 Å². The number of esters is 1. The largest absolute Gasteiger partial charge is 0.465 e. The van der Waals surface area contributed by atoms with Gasteiger partial charge in [-0.2, -0.15) is 0 Å². The normalized spacial score (nSPS) is 12.1. The Kier molecular flexibility index (Phi) is 6.16. The zero-order valence-corrected chi connectivity index (χ0v) is 18.1. The molecule has 8 nitrogen and oxygen atoms in total. The first-order valence-electron chi connectivity index (χ1n) is 8.25. The molecule has 0 saturated heterocycles. The fourth-order valence-electron chi connectivity index (χ4n) is 2.38. The molecule has 0 spiro atoms. The molecular formula is C17H18N4O4S3. The van der Waals surface area contributed by atoms with Crippen LogP contribution in [0, 0.1) is 13.8 Å². The van der Waals surface area contributed by atoms with E-state index in [9.17, 15) is 14.4 Å². The SMILES string of the molecule is COC(=O)c1cnc(NC(=O)[C@H](C)SCc2nc3sc(C)c(C)c3c(=O)[nH]2)s1. The predicted octanol–water partition coefficient (Wildman–Crippen LogP) is 3.10. The van der Waals surface area contributed by atoms with Gasteiger partial charge in [0.1, 0.15) is 15.5 Å². The smallest absolute Gasteiger partial charge is 0.349 e. The van der Waals surface area contributed by atoms with Gasteiger partial charge in [-0.3, -0.25) is 9.59 Å². The van der Waals surface area contributed by atoms with Crippen LogP contribution >= 0.6 is 34.4 Å². The standard InChI is InChI=1S/C17H18N4O4S3/c1-7-8(2)27-15-12(7)14(23)19-11(20-15)6-26-9(3)13(22)21-17-18-5-10(28-17)16(24)25-4/h5,9H,6H2,1-4H3,(H,18,21,22)(H,19,20,23)/t9-/m0/s1. The number of aromatic amines is 1. The number of ether oxygens (including phenoxy) is 1. The lowest BCUT2D eigenvalue weighted by molar-refractivity contribution is -0.115. The van der Waals surface area contributed by atoms with Gasteiger partial charge in [-0.1, -0.05) is 11.3 Å². The van der Waals surface area contributed by atoms with E-state index in [4.69, 9.17) is 0 Å². The number of fused-ring (bicyclic) bond motifs is 1. The summed E-state index contributed by atoms with van der Waals surface area (Å²) >= 11 is 3.89. The fraction of sp³-hybridized carbons (Fsp3) is 0.353. The number of carbonyl (C=O) groups excluding carboxylic acids is 2. The second-order valence-corrected chi connectivity index (χ2v) is 9.50. The molecule has 1 amide bonds. The van der Waals surface area contributed by atoms with Crippen LogP contribution in [0.4, 0.5) is 5.13 Å².